The van der Waals surface area contributed by atoms with E-state index in [2.05, 4.69) is 17.1 Å². The van der Waals surface area contributed by atoms with Gasteiger partial charge in [0.15, 0.2) is 0 Å². The molecule has 3 rings (SSSR count). The molecule has 18 heavy (non-hydrogen) atoms. The van der Waals surface area contributed by atoms with E-state index in [1.807, 2.05) is 24.3 Å². The second kappa shape index (κ2) is 4.53. The Kier molecular flexibility index (Phi) is 2.73. The van der Waals surface area contributed by atoms with E-state index in [1.165, 1.54) is 5.56 Å². The molecule has 1 aromatic carbocycles. The molecule has 0 saturated heterocycles. The van der Waals surface area contributed by atoms with Gasteiger partial charge in [0, 0.05) is 18.0 Å². The average Bonchev–Trinajstić information content (AvgIpc) is 2.89. The highest BCUT2D eigenvalue weighted by atomic mass is 16.5. The summed E-state index contributed by atoms with van der Waals surface area (Å²) in [6.07, 6.45) is 4.27. The number of methoxy groups -OCH3 is 1. The topological polar surface area (TPSA) is 35.3 Å². The van der Waals surface area contributed by atoms with Gasteiger partial charge in [-0.25, -0.2) is 0 Å². The van der Waals surface area contributed by atoms with E-state index in [1.54, 1.807) is 19.6 Å². The van der Waals surface area contributed by atoms with Crippen molar-refractivity contribution in [2.75, 3.05) is 7.11 Å². The molecule has 0 aliphatic rings. The average molecular weight is 239 g/mol. The Balaban J connectivity index is 1.93. The predicted molar refractivity (Wildman–Crippen MR) is 69.8 cm³/mol. The zero-order chi connectivity index (χ0) is 12.4. The summed E-state index contributed by atoms with van der Waals surface area (Å²) in [6, 6.07) is 11.9. The number of rotatable bonds is 3. The van der Waals surface area contributed by atoms with Gasteiger partial charge in [-0.1, -0.05) is 12.1 Å². The summed E-state index contributed by atoms with van der Waals surface area (Å²) >= 11 is 0. The van der Waals surface area contributed by atoms with Gasteiger partial charge in [0.1, 0.15) is 11.3 Å². The van der Waals surface area contributed by atoms with Crippen molar-refractivity contribution in [2.45, 2.75) is 6.42 Å². The quantitative estimate of drug-likeness (QED) is 0.702. The molecule has 3 nitrogen and oxygen atoms in total. The minimum absolute atomic E-state index is 0.793. The van der Waals surface area contributed by atoms with Crippen LogP contribution in [-0.2, 0) is 6.42 Å². The zero-order valence-electron chi connectivity index (χ0n) is 10.1. The van der Waals surface area contributed by atoms with Crippen molar-refractivity contribution >= 4 is 11.0 Å². The van der Waals surface area contributed by atoms with Crippen molar-refractivity contribution in [1.82, 2.24) is 4.98 Å². The molecular weight excluding hydrogens is 226 g/mol. The van der Waals surface area contributed by atoms with Crippen LogP contribution in [0.25, 0.3) is 11.0 Å². The normalized spacial score (nSPS) is 10.7. The summed E-state index contributed by atoms with van der Waals surface area (Å²) in [5.74, 6) is 0.869. The number of benzene rings is 1. The smallest absolute Gasteiger partial charge is 0.137 e. The predicted octanol–water partition coefficient (Wildman–Crippen LogP) is 3.43. The highest BCUT2D eigenvalue weighted by Gasteiger charge is 2.05. The van der Waals surface area contributed by atoms with E-state index in [0.29, 0.717) is 0 Å². The lowest BCUT2D eigenvalue weighted by Crippen LogP contribution is -1.92. The number of aromatic nitrogens is 1. The second-order valence-corrected chi connectivity index (χ2v) is 4.11. The molecular formula is C15H13NO2. The maximum absolute atomic E-state index is 5.37. The standard InChI is InChI=1S/C15H13NO2/c1-17-12-4-2-11(3-5-12)10-14-13-7-9-18-15(13)6-8-16-14/h2-9H,10H2,1H3. The van der Waals surface area contributed by atoms with Crippen LogP contribution in [0.1, 0.15) is 11.3 Å². The fraction of sp³-hybridized carbons (Fsp3) is 0.133. The largest absolute Gasteiger partial charge is 0.497 e. The van der Waals surface area contributed by atoms with Crippen molar-refractivity contribution in [2.24, 2.45) is 0 Å². The number of hydrogen-bond acceptors (Lipinski definition) is 3. The van der Waals surface area contributed by atoms with Crippen molar-refractivity contribution in [3.05, 3.63) is 60.1 Å². The number of fused-ring (bicyclic) bond motifs is 1. The Labute approximate surface area is 105 Å². The Hall–Kier alpha value is -2.29. The van der Waals surface area contributed by atoms with Crippen LogP contribution in [0.3, 0.4) is 0 Å². The molecule has 0 aliphatic carbocycles. The van der Waals surface area contributed by atoms with Gasteiger partial charge in [-0.2, -0.15) is 0 Å². The van der Waals surface area contributed by atoms with Crippen molar-refractivity contribution in [1.29, 1.82) is 0 Å². The minimum Gasteiger partial charge on any atom is -0.497 e. The fourth-order valence-corrected chi connectivity index (χ4v) is 2.03. The van der Waals surface area contributed by atoms with Gasteiger partial charge in [0.2, 0.25) is 0 Å². The molecule has 0 saturated carbocycles. The second-order valence-electron chi connectivity index (χ2n) is 4.11. The van der Waals surface area contributed by atoms with Gasteiger partial charge in [-0.05, 0) is 29.8 Å². The molecule has 0 spiro atoms. The maximum Gasteiger partial charge on any atom is 0.137 e. The van der Waals surface area contributed by atoms with Crippen LogP contribution in [0.15, 0.2) is 53.3 Å². The highest BCUT2D eigenvalue weighted by Crippen LogP contribution is 2.21. The van der Waals surface area contributed by atoms with Crippen LogP contribution in [0.4, 0.5) is 0 Å². The summed E-state index contributed by atoms with van der Waals surface area (Å²) in [5, 5.41) is 1.08. The highest BCUT2D eigenvalue weighted by molar-refractivity contribution is 5.79. The third-order valence-electron chi connectivity index (χ3n) is 2.99. The first-order valence-electron chi connectivity index (χ1n) is 5.81. The van der Waals surface area contributed by atoms with Gasteiger partial charge in [-0.15, -0.1) is 0 Å². The monoisotopic (exact) mass is 239 g/mol. The van der Waals surface area contributed by atoms with E-state index < -0.39 is 0 Å². The van der Waals surface area contributed by atoms with Crippen LogP contribution >= 0.6 is 0 Å². The van der Waals surface area contributed by atoms with E-state index in [9.17, 15) is 0 Å². The molecule has 3 aromatic rings. The molecule has 0 atom stereocenters. The molecule has 0 bridgehead atoms. The van der Waals surface area contributed by atoms with Crippen molar-refractivity contribution in [3.63, 3.8) is 0 Å². The number of hydrogen-bond donors (Lipinski definition) is 0. The fourth-order valence-electron chi connectivity index (χ4n) is 2.03. The third kappa shape index (κ3) is 1.95. The van der Waals surface area contributed by atoms with Crippen molar-refractivity contribution in [3.8, 4) is 5.75 Å². The van der Waals surface area contributed by atoms with Gasteiger partial charge < -0.3 is 9.15 Å². The molecule has 0 radical (unpaired) electrons. The van der Waals surface area contributed by atoms with E-state index in [4.69, 9.17) is 9.15 Å². The first-order valence-corrected chi connectivity index (χ1v) is 5.81. The van der Waals surface area contributed by atoms with Crippen molar-refractivity contribution < 1.29 is 9.15 Å². The van der Waals surface area contributed by atoms with E-state index >= 15 is 0 Å². The Bertz CT molecular complexity index is 656. The van der Waals surface area contributed by atoms with Gasteiger partial charge in [-0.3, -0.25) is 4.98 Å². The Morgan fingerprint density at radius 3 is 2.72 bits per heavy atom. The SMILES string of the molecule is COc1ccc(Cc2nccc3occc23)cc1. The Morgan fingerprint density at radius 1 is 1.11 bits per heavy atom. The third-order valence-corrected chi connectivity index (χ3v) is 2.99. The zero-order valence-corrected chi connectivity index (χ0v) is 10.1. The number of furan rings is 1. The molecule has 0 aliphatic heterocycles. The lowest BCUT2D eigenvalue weighted by Gasteiger charge is -2.04. The first-order chi connectivity index (χ1) is 8.86. The van der Waals surface area contributed by atoms with E-state index in [0.717, 1.165) is 28.8 Å². The molecule has 0 amide bonds. The van der Waals surface area contributed by atoms with Gasteiger partial charge in [0.25, 0.3) is 0 Å². The van der Waals surface area contributed by atoms with Crippen LogP contribution < -0.4 is 4.74 Å². The van der Waals surface area contributed by atoms with Gasteiger partial charge >= 0.3 is 0 Å². The molecule has 90 valence electrons. The summed E-state index contributed by atoms with van der Waals surface area (Å²) in [7, 11) is 1.67. The number of ether oxygens (including phenoxy) is 1. The summed E-state index contributed by atoms with van der Waals surface area (Å²) in [4.78, 5) is 4.43. The van der Waals surface area contributed by atoms with Crippen LogP contribution in [0, 0.1) is 0 Å². The molecule has 3 heteroatoms. The number of pyridine rings is 1. The van der Waals surface area contributed by atoms with Crippen LogP contribution in [-0.4, -0.2) is 12.1 Å². The molecule has 2 aromatic heterocycles. The first kappa shape index (κ1) is 10.8. The summed E-state index contributed by atoms with van der Waals surface area (Å²) in [5.41, 5.74) is 3.12. The van der Waals surface area contributed by atoms with Gasteiger partial charge in [0.05, 0.1) is 19.1 Å². The molecule has 0 fully saturated rings. The molecule has 0 N–H and O–H groups in total. The summed E-state index contributed by atoms with van der Waals surface area (Å²) in [6.45, 7) is 0. The molecule has 2 heterocycles. The maximum atomic E-state index is 5.37. The van der Waals surface area contributed by atoms with E-state index in [-0.39, 0.29) is 0 Å². The lowest BCUT2D eigenvalue weighted by molar-refractivity contribution is 0.414. The minimum atomic E-state index is 0.793. The van der Waals surface area contributed by atoms with Crippen LogP contribution in [0.5, 0.6) is 5.75 Å². The number of nitrogens with zero attached hydrogens (tertiary/aromatic N) is 1. The summed E-state index contributed by atoms with van der Waals surface area (Å²) < 4.78 is 10.5. The molecule has 0 unspecified atom stereocenters. The lowest BCUT2D eigenvalue weighted by atomic mass is 10.1. The Morgan fingerprint density at radius 2 is 1.94 bits per heavy atom. The van der Waals surface area contributed by atoms with Crippen LogP contribution in [0.2, 0.25) is 0 Å².